The summed E-state index contributed by atoms with van der Waals surface area (Å²) < 4.78 is 0. The molecule has 0 saturated heterocycles. The van der Waals surface area contributed by atoms with Gasteiger partial charge in [-0.05, 0) is 36.1 Å². The molecule has 0 aliphatic heterocycles. The van der Waals surface area contributed by atoms with Gasteiger partial charge in [0.1, 0.15) is 17.5 Å². The van der Waals surface area contributed by atoms with E-state index in [4.69, 9.17) is 5.73 Å². The van der Waals surface area contributed by atoms with Crippen molar-refractivity contribution in [1.82, 2.24) is 9.97 Å². The van der Waals surface area contributed by atoms with Gasteiger partial charge in [0.05, 0.1) is 0 Å². The lowest BCUT2D eigenvalue weighted by Gasteiger charge is -2.16. The maximum absolute atomic E-state index is 9.42. The molecule has 20 heavy (non-hydrogen) atoms. The Labute approximate surface area is 119 Å². The van der Waals surface area contributed by atoms with E-state index >= 15 is 0 Å². The SMILES string of the molecule is CCCc1nc(N)c(C#N)c(-c2ccncc2)c1CC. The van der Waals surface area contributed by atoms with Gasteiger partial charge in [0.15, 0.2) is 0 Å². The summed E-state index contributed by atoms with van der Waals surface area (Å²) in [5.41, 5.74) is 10.4. The van der Waals surface area contributed by atoms with E-state index in [9.17, 15) is 5.26 Å². The van der Waals surface area contributed by atoms with Crippen molar-refractivity contribution in [2.24, 2.45) is 0 Å². The Morgan fingerprint density at radius 2 is 1.95 bits per heavy atom. The number of hydrogen-bond donors (Lipinski definition) is 1. The number of nitriles is 1. The molecule has 0 spiro atoms. The fourth-order valence-corrected chi connectivity index (χ4v) is 2.47. The molecule has 0 fully saturated rings. The first kappa shape index (κ1) is 14.0. The Kier molecular flexibility index (Phi) is 4.31. The average molecular weight is 266 g/mol. The summed E-state index contributed by atoms with van der Waals surface area (Å²) in [5.74, 6) is 0.319. The van der Waals surface area contributed by atoms with Crippen molar-refractivity contribution >= 4 is 5.82 Å². The van der Waals surface area contributed by atoms with Crippen LogP contribution < -0.4 is 5.73 Å². The van der Waals surface area contributed by atoms with Crippen LogP contribution >= 0.6 is 0 Å². The summed E-state index contributed by atoms with van der Waals surface area (Å²) in [5, 5.41) is 9.42. The van der Waals surface area contributed by atoms with Crippen LogP contribution in [0, 0.1) is 11.3 Å². The maximum Gasteiger partial charge on any atom is 0.142 e. The number of nitrogens with two attached hydrogens (primary N) is 1. The molecule has 0 unspecified atom stereocenters. The van der Waals surface area contributed by atoms with Gasteiger partial charge in [0.2, 0.25) is 0 Å². The average Bonchev–Trinajstić information content (AvgIpc) is 2.48. The number of anilines is 1. The number of hydrogen-bond acceptors (Lipinski definition) is 4. The van der Waals surface area contributed by atoms with E-state index in [2.05, 4.69) is 29.9 Å². The largest absolute Gasteiger partial charge is 0.383 e. The summed E-state index contributed by atoms with van der Waals surface area (Å²) in [6.07, 6.45) is 6.16. The number of nitrogen functional groups attached to an aromatic ring is 1. The second-order valence-corrected chi connectivity index (χ2v) is 4.62. The first-order chi connectivity index (χ1) is 9.72. The van der Waals surface area contributed by atoms with Crippen LogP contribution in [0.3, 0.4) is 0 Å². The standard InChI is InChI=1S/C16H18N4/c1-3-5-14-12(4-2)15(11-6-8-19-9-7-11)13(10-17)16(18)20-14/h6-9H,3-5H2,1-2H3,(H2,18,20). The molecule has 0 aliphatic rings. The van der Waals surface area contributed by atoms with Gasteiger partial charge in [-0.15, -0.1) is 0 Å². The maximum atomic E-state index is 9.42. The molecule has 0 bridgehead atoms. The van der Waals surface area contributed by atoms with Crippen molar-refractivity contribution in [1.29, 1.82) is 5.26 Å². The molecule has 2 aromatic rings. The Morgan fingerprint density at radius 3 is 2.50 bits per heavy atom. The molecule has 2 heterocycles. The minimum Gasteiger partial charge on any atom is -0.383 e. The van der Waals surface area contributed by atoms with Crippen LogP contribution in [0.5, 0.6) is 0 Å². The lowest BCUT2D eigenvalue weighted by molar-refractivity contribution is 0.860. The van der Waals surface area contributed by atoms with Gasteiger partial charge < -0.3 is 5.73 Å². The zero-order chi connectivity index (χ0) is 14.5. The Hall–Kier alpha value is -2.41. The van der Waals surface area contributed by atoms with Gasteiger partial charge in [-0.2, -0.15) is 5.26 Å². The van der Waals surface area contributed by atoms with Crippen molar-refractivity contribution in [3.05, 3.63) is 41.3 Å². The van der Waals surface area contributed by atoms with E-state index < -0.39 is 0 Å². The Bertz CT molecular complexity index is 642. The minimum atomic E-state index is 0.319. The second kappa shape index (κ2) is 6.16. The molecular formula is C16H18N4. The van der Waals surface area contributed by atoms with Crippen molar-refractivity contribution in [2.75, 3.05) is 5.73 Å². The highest BCUT2D eigenvalue weighted by atomic mass is 14.9. The monoisotopic (exact) mass is 266 g/mol. The Balaban J connectivity index is 2.78. The quantitative estimate of drug-likeness (QED) is 0.922. The highest BCUT2D eigenvalue weighted by Crippen LogP contribution is 2.32. The summed E-state index contributed by atoms with van der Waals surface area (Å²) in [6, 6.07) is 6.01. The number of aromatic nitrogens is 2. The second-order valence-electron chi connectivity index (χ2n) is 4.62. The molecule has 2 aromatic heterocycles. The third-order valence-electron chi connectivity index (χ3n) is 3.33. The number of aryl methyl sites for hydroxylation is 1. The molecule has 0 saturated carbocycles. The van der Waals surface area contributed by atoms with Gasteiger partial charge in [0, 0.05) is 23.7 Å². The molecular weight excluding hydrogens is 248 g/mol. The van der Waals surface area contributed by atoms with E-state index in [0.29, 0.717) is 11.4 Å². The highest BCUT2D eigenvalue weighted by molar-refractivity contribution is 5.78. The molecule has 2 N–H and O–H groups in total. The third kappa shape index (κ3) is 2.48. The van der Waals surface area contributed by atoms with Crippen LogP contribution in [0.25, 0.3) is 11.1 Å². The number of pyridine rings is 2. The van der Waals surface area contributed by atoms with Crippen LogP contribution in [0.2, 0.25) is 0 Å². The van der Waals surface area contributed by atoms with E-state index in [0.717, 1.165) is 41.6 Å². The molecule has 0 radical (unpaired) electrons. The van der Waals surface area contributed by atoms with E-state index in [1.165, 1.54) is 0 Å². The van der Waals surface area contributed by atoms with Crippen molar-refractivity contribution in [3.63, 3.8) is 0 Å². The smallest absolute Gasteiger partial charge is 0.142 e. The van der Waals surface area contributed by atoms with Gasteiger partial charge in [0.25, 0.3) is 0 Å². The van der Waals surface area contributed by atoms with E-state index in [-0.39, 0.29) is 0 Å². The minimum absolute atomic E-state index is 0.319. The highest BCUT2D eigenvalue weighted by Gasteiger charge is 2.18. The molecule has 2 rings (SSSR count). The van der Waals surface area contributed by atoms with Crippen LogP contribution in [0.1, 0.15) is 37.1 Å². The van der Waals surface area contributed by atoms with Crippen molar-refractivity contribution in [2.45, 2.75) is 33.1 Å². The van der Waals surface area contributed by atoms with Gasteiger partial charge in [-0.1, -0.05) is 20.3 Å². The van der Waals surface area contributed by atoms with Crippen LogP contribution in [-0.4, -0.2) is 9.97 Å². The third-order valence-corrected chi connectivity index (χ3v) is 3.33. The van der Waals surface area contributed by atoms with Crippen LogP contribution in [-0.2, 0) is 12.8 Å². The predicted molar refractivity (Wildman–Crippen MR) is 80.0 cm³/mol. The first-order valence-corrected chi connectivity index (χ1v) is 6.84. The normalized spacial score (nSPS) is 10.2. The summed E-state index contributed by atoms with van der Waals surface area (Å²) >= 11 is 0. The van der Waals surface area contributed by atoms with E-state index in [1.807, 2.05) is 12.1 Å². The molecule has 102 valence electrons. The van der Waals surface area contributed by atoms with Gasteiger partial charge in [-0.25, -0.2) is 4.98 Å². The van der Waals surface area contributed by atoms with Crippen molar-refractivity contribution in [3.8, 4) is 17.2 Å². The zero-order valence-corrected chi connectivity index (χ0v) is 11.8. The summed E-state index contributed by atoms with van der Waals surface area (Å²) in [4.78, 5) is 8.46. The fraction of sp³-hybridized carbons (Fsp3) is 0.312. The Morgan fingerprint density at radius 1 is 1.25 bits per heavy atom. The number of nitrogens with zero attached hydrogens (tertiary/aromatic N) is 3. The molecule has 0 amide bonds. The van der Waals surface area contributed by atoms with Gasteiger partial charge >= 0.3 is 0 Å². The molecule has 4 heteroatoms. The predicted octanol–water partition coefficient (Wildman–Crippen LogP) is 3.11. The van der Waals surface area contributed by atoms with Crippen LogP contribution in [0.4, 0.5) is 5.82 Å². The number of rotatable bonds is 4. The molecule has 0 aliphatic carbocycles. The lowest BCUT2D eigenvalue weighted by Crippen LogP contribution is -2.07. The molecule has 0 aromatic carbocycles. The molecule has 4 nitrogen and oxygen atoms in total. The lowest BCUT2D eigenvalue weighted by atomic mass is 9.92. The summed E-state index contributed by atoms with van der Waals surface area (Å²) in [6.45, 7) is 4.19. The van der Waals surface area contributed by atoms with Gasteiger partial charge in [-0.3, -0.25) is 4.98 Å². The first-order valence-electron chi connectivity index (χ1n) is 6.84. The fourth-order valence-electron chi connectivity index (χ4n) is 2.47. The van der Waals surface area contributed by atoms with E-state index in [1.54, 1.807) is 12.4 Å². The summed E-state index contributed by atoms with van der Waals surface area (Å²) in [7, 11) is 0. The van der Waals surface area contributed by atoms with Crippen LogP contribution in [0.15, 0.2) is 24.5 Å². The molecule has 0 atom stereocenters. The van der Waals surface area contributed by atoms with Crippen molar-refractivity contribution < 1.29 is 0 Å². The topological polar surface area (TPSA) is 75.6 Å². The zero-order valence-electron chi connectivity index (χ0n) is 11.8.